The molecule has 0 unspecified atom stereocenters. The first kappa shape index (κ1) is 11.7. The average molecular weight is 218 g/mol. The normalized spacial score (nSPS) is 10.3. The summed E-state index contributed by atoms with van der Waals surface area (Å²) >= 11 is 0. The van der Waals surface area contributed by atoms with Gasteiger partial charge >= 0.3 is 13.7 Å². The SMILES string of the molecule is COc1cc(OC(F)F)ccc1B(O)O. The van der Waals surface area contributed by atoms with Crippen LogP contribution in [0, 0.1) is 0 Å². The Labute approximate surface area is 85.2 Å². The van der Waals surface area contributed by atoms with E-state index in [1.165, 1.54) is 19.2 Å². The smallest absolute Gasteiger partial charge is 0.492 e. The summed E-state index contributed by atoms with van der Waals surface area (Å²) in [6.07, 6.45) is 0. The van der Waals surface area contributed by atoms with Crippen LogP contribution in [0.25, 0.3) is 0 Å². The first-order chi connectivity index (χ1) is 7.04. The van der Waals surface area contributed by atoms with E-state index in [2.05, 4.69) is 4.74 Å². The fourth-order valence-electron chi connectivity index (χ4n) is 1.08. The molecule has 1 aromatic carbocycles. The minimum absolute atomic E-state index is 0.0724. The molecule has 1 aromatic rings. The van der Waals surface area contributed by atoms with Crippen LogP contribution in [0.5, 0.6) is 11.5 Å². The lowest BCUT2D eigenvalue weighted by Crippen LogP contribution is -2.31. The van der Waals surface area contributed by atoms with Gasteiger partial charge in [0.25, 0.3) is 0 Å². The van der Waals surface area contributed by atoms with Gasteiger partial charge in [0.1, 0.15) is 11.5 Å². The van der Waals surface area contributed by atoms with E-state index in [9.17, 15) is 8.78 Å². The van der Waals surface area contributed by atoms with E-state index in [0.29, 0.717) is 0 Å². The van der Waals surface area contributed by atoms with Crippen LogP contribution in [-0.2, 0) is 0 Å². The quantitative estimate of drug-likeness (QED) is 0.697. The topological polar surface area (TPSA) is 58.9 Å². The minimum Gasteiger partial charge on any atom is -0.497 e. The summed E-state index contributed by atoms with van der Waals surface area (Å²) in [5.74, 6) is -0.0330. The molecule has 0 fully saturated rings. The number of rotatable bonds is 4. The predicted octanol–water partition coefficient (Wildman–Crippen LogP) is -0.0236. The number of methoxy groups -OCH3 is 1. The molecule has 0 heterocycles. The van der Waals surface area contributed by atoms with Crippen LogP contribution in [0.2, 0.25) is 0 Å². The maximum Gasteiger partial charge on any atom is 0.492 e. The Balaban J connectivity index is 2.97. The van der Waals surface area contributed by atoms with E-state index < -0.39 is 13.7 Å². The fraction of sp³-hybridized carbons (Fsp3) is 0.250. The highest BCUT2D eigenvalue weighted by molar-refractivity contribution is 6.59. The molecule has 0 saturated carbocycles. The zero-order valence-corrected chi connectivity index (χ0v) is 7.85. The molecule has 1 rings (SSSR count). The Hall–Kier alpha value is -1.34. The Morgan fingerprint density at radius 3 is 2.47 bits per heavy atom. The number of hydrogen-bond donors (Lipinski definition) is 2. The lowest BCUT2D eigenvalue weighted by molar-refractivity contribution is -0.0499. The van der Waals surface area contributed by atoms with Gasteiger partial charge in [-0.2, -0.15) is 8.78 Å². The summed E-state index contributed by atoms with van der Waals surface area (Å²) in [5.41, 5.74) is 0.0825. The molecule has 0 spiro atoms. The maximum absolute atomic E-state index is 11.9. The molecular weight excluding hydrogens is 209 g/mol. The largest absolute Gasteiger partial charge is 0.497 e. The van der Waals surface area contributed by atoms with Gasteiger partial charge in [0.2, 0.25) is 0 Å². The molecule has 15 heavy (non-hydrogen) atoms. The third-order valence-corrected chi connectivity index (χ3v) is 1.71. The number of halogens is 2. The molecule has 82 valence electrons. The van der Waals surface area contributed by atoms with Crippen molar-refractivity contribution in [2.45, 2.75) is 6.61 Å². The second-order valence-corrected chi connectivity index (χ2v) is 2.66. The number of ether oxygens (including phenoxy) is 2. The highest BCUT2D eigenvalue weighted by Crippen LogP contribution is 2.19. The molecule has 0 aliphatic carbocycles. The van der Waals surface area contributed by atoms with E-state index in [1.54, 1.807) is 0 Å². The van der Waals surface area contributed by atoms with Crippen molar-refractivity contribution in [3.05, 3.63) is 18.2 Å². The van der Waals surface area contributed by atoms with Crippen LogP contribution in [0.4, 0.5) is 8.78 Å². The van der Waals surface area contributed by atoms with Gasteiger partial charge in [-0.25, -0.2) is 0 Å². The van der Waals surface area contributed by atoms with Gasteiger partial charge in [-0.05, 0) is 6.07 Å². The first-order valence-electron chi connectivity index (χ1n) is 4.03. The van der Waals surface area contributed by atoms with Crippen molar-refractivity contribution in [1.82, 2.24) is 0 Å². The van der Waals surface area contributed by atoms with Crippen LogP contribution < -0.4 is 14.9 Å². The molecule has 2 N–H and O–H groups in total. The standard InChI is InChI=1S/C8H9BF2O4/c1-14-7-4-5(15-8(10)11)2-3-6(7)9(12)13/h2-4,8,12-13H,1H3. The first-order valence-corrected chi connectivity index (χ1v) is 4.03. The van der Waals surface area contributed by atoms with Crippen LogP contribution in [0.1, 0.15) is 0 Å². The number of benzene rings is 1. The molecule has 0 aliphatic rings. The number of hydrogen-bond acceptors (Lipinski definition) is 4. The molecule has 0 amide bonds. The van der Waals surface area contributed by atoms with E-state index >= 15 is 0 Å². The Kier molecular flexibility index (Phi) is 3.87. The summed E-state index contributed by atoms with van der Waals surface area (Å²) in [6.45, 7) is -2.93. The van der Waals surface area contributed by atoms with Crippen molar-refractivity contribution in [2.24, 2.45) is 0 Å². The molecule has 4 nitrogen and oxygen atoms in total. The third kappa shape index (κ3) is 3.07. The van der Waals surface area contributed by atoms with Gasteiger partial charge < -0.3 is 19.5 Å². The Morgan fingerprint density at radius 1 is 1.33 bits per heavy atom. The van der Waals surface area contributed by atoms with E-state index in [4.69, 9.17) is 14.8 Å². The second-order valence-electron chi connectivity index (χ2n) is 2.66. The lowest BCUT2D eigenvalue weighted by atomic mass is 9.79. The number of alkyl halides is 2. The summed E-state index contributed by atoms with van der Waals surface area (Å²) in [5, 5.41) is 17.8. The molecule has 0 bridgehead atoms. The fourth-order valence-corrected chi connectivity index (χ4v) is 1.08. The molecule has 0 saturated heterocycles. The average Bonchev–Trinajstić information content (AvgIpc) is 2.16. The zero-order chi connectivity index (χ0) is 11.4. The Morgan fingerprint density at radius 2 is 2.00 bits per heavy atom. The highest BCUT2D eigenvalue weighted by Gasteiger charge is 2.18. The monoisotopic (exact) mass is 218 g/mol. The van der Waals surface area contributed by atoms with Crippen molar-refractivity contribution in [2.75, 3.05) is 7.11 Å². The van der Waals surface area contributed by atoms with Gasteiger partial charge in [0.15, 0.2) is 0 Å². The molecule has 0 radical (unpaired) electrons. The second kappa shape index (κ2) is 4.95. The molecule has 0 atom stereocenters. The molecular formula is C8H9BF2O4. The van der Waals surface area contributed by atoms with Gasteiger partial charge in [0.05, 0.1) is 7.11 Å². The van der Waals surface area contributed by atoms with E-state index in [-0.39, 0.29) is 17.0 Å². The predicted molar refractivity (Wildman–Crippen MR) is 49.5 cm³/mol. The van der Waals surface area contributed by atoms with Gasteiger partial charge in [-0.3, -0.25) is 0 Å². The summed E-state index contributed by atoms with van der Waals surface area (Å²) < 4.78 is 32.6. The van der Waals surface area contributed by atoms with Gasteiger partial charge in [-0.15, -0.1) is 0 Å². The van der Waals surface area contributed by atoms with Crippen molar-refractivity contribution < 1.29 is 28.3 Å². The van der Waals surface area contributed by atoms with Crippen molar-refractivity contribution in [3.8, 4) is 11.5 Å². The minimum atomic E-state index is -2.93. The van der Waals surface area contributed by atoms with Crippen molar-refractivity contribution in [3.63, 3.8) is 0 Å². The highest BCUT2D eigenvalue weighted by atomic mass is 19.3. The molecule has 7 heteroatoms. The van der Waals surface area contributed by atoms with Crippen LogP contribution in [0.15, 0.2) is 18.2 Å². The third-order valence-electron chi connectivity index (χ3n) is 1.71. The molecule has 0 aliphatic heterocycles. The van der Waals surface area contributed by atoms with Crippen molar-refractivity contribution >= 4 is 12.6 Å². The van der Waals surface area contributed by atoms with Crippen molar-refractivity contribution in [1.29, 1.82) is 0 Å². The van der Waals surface area contributed by atoms with Crippen LogP contribution in [-0.4, -0.2) is 30.9 Å². The summed E-state index contributed by atoms with van der Waals surface area (Å²) in [4.78, 5) is 0. The Bertz CT molecular complexity index is 332. The van der Waals surface area contributed by atoms with E-state index in [0.717, 1.165) is 6.07 Å². The lowest BCUT2D eigenvalue weighted by Gasteiger charge is -2.10. The molecule has 0 aromatic heterocycles. The van der Waals surface area contributed by atoms with Crippen LogP contribution >= 0.6 is 0 Å². The summed E-state index contributed by atoms with van der Waals surface area (Å²) in [6, 6.07) is 3.59. The van der Waals surface area contributed by atoms with Gasteiger partial charge in [-0.1, -0.05) is 6.07 Å². The van der Waals surface area contributed by atoms with Crippen LogP contribution in [0.3, 0.4) is 0 Å². The maximum atomic E-state index is 11.9. The summed E-state index contributed by atoms with van der Waals surface area (Å²) in [7, 11) is -0.437. The van der Waals surface area contributed by atoms with Gasteiger partial charge in [0, 0.05) is 11.5 Å². The van der Waals surface area contributed by atoms with E-state index in [1.807, 2.05) is 0 Å². The zero-order valence-electron chi connectivity index (χ0n) is 7.85.